The average Bonchev–Trinajstić information content (AvgIpc) is 2.53. The molecular formula is C21H24N2. The number of hydrogen-bond acceptors (Lipinski definition) is 2. The molecule has 0 aliphatic rings. The Hall–Kier alpha value is -2.35. The van der Waals surface area contributed by atoms with Gasteiger partial charge in [0.05, 0.1) is 5.69 Å². The van der Waals surface area contributed by atoms with Crippen LogP contribution >= 0.6 is 0 Å². The molecule has 0 aliphatic carbocycles. The largest absolute Gasteiger partial charge is 0.362 e. The second-order valence-electron chi connectivity index (χ2n) is 7.27. The third kappa shape index (κ3) is 3.07. The zero-order valence-electron chi connectivity index (χ0n) is 14.6. The van der Waals surface area contributed by atoms with Gasteiger partial charge in [0.1, 0.15) is 5.82 Å². The van der Waals surface area contributed by atoms with Crippen molar-refractivity contribution in [3.63, 3.8) is 0 Å². The van der Waals surface area contributed by atoms with Gasteiger partial charge in [0.2, 0.25) is 0 Å². The van der Waals surface area contributed by atoms with Crippen LogP contribution in [0.15, 0.2) is 54.6 Å². The molecule has 0 bridgehead atoms. The van der Waals surface area contributed by atoms with Gasteiger partial charge in [-0.15, -0.1) is 0 Å². The summed E-state index contributed by atoms with van der Waals surface area (Å²) in [5.41, 5.74) is 3.69. The van der Waals surface area contributed by atoms with E-state index >= 15 is 0 Å². The van der Waals surface area contributed by atoms with Gasteiger partial charge in [0.25, 0.3) is 0 Å². The van der Waals surface area contributed by atoms with Crippen molar-refractivity contribution in [2.75, 3.05) is 19.0 Å². The lowest BCUT2D eigenvalue weighted by molar-refractivity contribution is 0.590. The van der Waals surface area contributed by atoms with E-state index in [1.54, 1.807) is 0 Å². The summed E-state index contributed by atoms with van der Waals surface area (Å²) >= 11 is 0. The molecule has 1 aromatic heterocycles. The smallest absolute Gasteiger partial charge is 0.136 e. The Morgan fingerprint density at radius 2 is 1.52 bits per heavy atom. The molecule has 23 heavy (non-hydrogen) atoms. The number of anilines is 1. The summed E-state index contributed by atoms with van der Waals surface area (Å²) < 4.78 is 0. The molecular weight excluding hydrogens is 280 g/mol. The maximum Gasteiger partial charge on any atom is 0.136 e. The number of nitrogens with zero attached hydrogens (tertiary/aromatic N) is 2. The van der Waals surface area contributed by atoms with Crippen molar-refractivity contribution in [3.8, 4) is 11.3 Å². The molecule has 118 valence electrons. The van der Waals surface area contributed by atoms with Gasteiger partial charge in [-0.2, -0.15) is 0 Å². The predicted molar refractivity (Wildman–Crippen MR) is 100 cm³/mol. The summed E-state index contributed by atoms with van der Waals surface area (Å²) in [6.07, 6.45) is 0. The fourth-order valence-corrected chi connectivity index (χ4v) is 2.81. The first-order valence-electron chi connectivity index (χ1n) is 8.04. The van der Waals surface area contributed by atoms with Crippen LogP contribution in [0, 0.1) is 0 Å². The number of benzene rings is 2. The van der Waals surface area contributed by atoms with Crippen LogP contribution in [0.3, 0.4) is 0 Å². The van der Waals surface area contributed by atoms with Crippen molar-refractivity contribution in [2.45, 2.75) is 26.2 Å². The van der Waals surface area contributed by atoms with Crippen LogP contribution in [0.25, 0.3) is 22.0 Å². The topological polar surface area (TPSA) is 16.1 Å². The van der Waals surface area contributed by atoms with E-state index in [2.05, 4.69) is 80.3 Å². The van der Waals surface area contributed by atoms with Gasteiger partial charge in [-0.3, -0.25) is 0 Å². The molecule has 2 aromatic carbocycles. The minimum absolute atomic E-state index is 0.171. The van der Waals surface area contributed by atoms with E-state index in [1.165, 1.54) is 16.3 Å². The first kappa shape index (κ1) is 15.5. The van der Waals surface area contributed by atoms with Gasteiger partial charge in [-0.25, -0.2) is 4.98 Å². The summed E-state index contributed by atoms with van der Waals surface area (Å²) in [6.45, 7) is 6.71. The average molecular weight is 304 g/mol. The first-order chi connectivity index (χ1) is 10.9. The van der Waals surface area contributed by atoms with Crippen molar-refractivity contribution in [1.82, 2.24) is 4.98 Å². The molecule has 1 heterocycles. The van der Waals surface area contributed by atoms with Gasteiger partial charge in [-0.05, 0) is 22.4 Å². The van der Waals surface area contributed by atoms with Crippen LogP contribution in [0.2, 0.25) is 0 Å². The monoisotopic (exact) mass is 304 g/mol. The highest BCUT2D eigenvalue weighted by Crippen LogP contribution is 2.30. The normalized spacial score (nSPS) is 11.7. The fourth-order valence-electron chi connectivity index (χ4n) is 2.81. The standard InChI is InChI=1S/C21H24N2/c1-21(2,3)17-12-10-15(11-13-17)19-14-16-8-6-7-9-18(16)20(22-19)23(4)5/h6-14H,1-5H3. The third-order valence-corrected chi connectivity index (χ3v) is 4.19. The van der Waals surface area contributed by atoms with E-state index in [0.29, 0.717) is 0 Å². The summed E-state index contributed by atoms with van der Waals surface area (Å²) in [5, 5.41) is 2.41. The van der Waals surface area contributed by atoms with Crippen LogP contribution < -0.4 is 4.90 Å². The summed E-state index contributed by atoms with van der Waals surface area (Å²) in [5.74, 6) is 1.01. The summed E-state index contributed by atoms with van der Waals surface area (Å²) in [7, 11) is 4.09. The van der Waals surface area contributed by atoms with Crippen LogP contribution in [0.5, 0.6) is 0 Å². The first-order valence-corrected chi connectivity index (χ1v) is 8.04. The minimum atomic E-state index is 0.171. The SMILES string of the molecule is CN(C)c1nc(-c2ccc(C(C)(C)C)cc2)cc2ccccc12. The number of pyridine rings is 1. The van der Waals surface area contributed by atoms with Crippen LogP contribution in [0.4, 0.5) is 5.82 Å². The van der Waals surface area contributed by atoms with Crippen molar-refractivity contribution >= 4 is 16.6 Å². The van der Waals surface area contributed by atoms with E-state index in [-0.39, 0.29) is 5.41 Å². The quantitative estimate of drug-likeness (QED) is 0.641. The van der Waals surface area contributed by atoms with Gasteiger partial charge in [0, 0.05) is 25.0 Å². The van der Waals surface area contributed by atoms with Gasteiger partial charge >= 0.3 is 0 Å². The zero-order valence-corrected chi connectivity index (χ0v) is 14.6. The lowest BCUT2D eigenvalue weighted by Crippen LogP contribution is -2.12. The Morgan fingerprint density at radius 1 is 0.870 bits per heavy atom. The Kier molecular flexibility index (Phi) is 3.85. The molecule has 3 rings (SSSR count). The molecule has 3 aromatic rings. The highest BCUT2D eigenvalue weighted by atomic mass is 15.1. The van der Waals surface area contributed by atoms with Gasteiger partial charge in [-0.1, -0.05) is 69.3 Å². The van der Waals surface area contributed by atoms with Crippen molar-refractivity contribution in [3.05, 3.63) is 60.2 Å². The minimum Gasteiger partial charge on any atom is -0.362 e. The fraction of sp³-hybridized carbons (Fsp3) is 0.286. The lowest BCUT2D eigenvalue weighted by Gasteiger charge is -2.19. The molecule has 0 atom stereocenters. The third-order valence-electron chi connectivity index (χ3n) is 4.19. The Bertz CT molecular complexity index is 825. The number of hydrogen-bond donors (Lipinski definition) is 0. The van der Waals surface area contributed by atoms with Crippen molar-refractivity contribution in [1.29, 1.82) is 0 Å². The highest BCUT2D eigenvalue weighted by Gasteiger charge is 2.14. The maximum atomic E-state index is 4.89. The van der Waals surface area contributed by atoms with Crippen LogP contribution in [-0.2, 0) is 5.41 Å². The Morgan fingerprint density at radius 3 is 2.13 bits per heavy atom. The summed E-state index contributed by atoms with van der Waals surface area (Å²) in [4.78, 5) is 6.97. The Labute approximate surface area is 138 Å². The Balaban J connectivity index is 2.13. The van der Waals surface area contributed by atoms with Gasteiger partial charge < -0.3 is 4.90 Å². The molecule has 2 nitrogen and oxygen atoms in total. The molecule has 0 aliphatic heterocycles. The molecule has 0 unspecified atom stereocenters. The van der Waals surface area contributed by atoms with E-state index in [0.717, 1.165) is 17.1 Å². The molecule has 0 fully saturated rings. The highest BCUT2D eigenvalue weighted by molar-refractivity contribution is 5.94. The van der Waals surface area contributed by atoms with E-state index < -0.39 is 0 Å². The van der Waals surface area contributed by atoms with Crippen molar-refractivity contribution in [2.24, 2.45) is 0 Å². The maximum absolute atomic E-state index is 4.89. The molecule has 0 saturated heterocycles. The number of fused-ring (bicyclic) bond motifs is 1. The second-order valence-corrected chi connectivity index (χ2v) is 7.27. The van der Waals surface area contributed by atoms with Crippen molar-refractivity contribution < 1.29 is 0 Å². The molecule has 0 N–H and O–H groups in total. The molecule has 2 heteroatoms. The molecule has 0 amide bonds. The zero-order chi connectivity index (χ0) is 16.6. The van der Waals surface area contributed by atoms with E-state index in [9.17, 15) is 0 Å². The van der Waals surface area contributed by atoms with E-state index in [4.69, 9.17) is 4.98 Å². The lowest BCUT2D eigenvalue weighted by atomic mass is 9.86. The number of rotatable bonds is 2. The van der Waals surface area contributed by atoms with Gasteiger partial charge in [0.15, 0.2) is 0 Å². The van der Waals surface area contributed by atoms with Crippen LogP contribution in [-0.4, -0.2) is 19.1 Å². The molecule has 0 radical (unpaired) electrons. The number of aromatic nitrogens is 1. The second kappa shape index (κ2) is 5.69. The summed E-state index contributed by atoms with van der Waals surface area (Å²) in [6, 6.07) is 19.4. The molecule has 0 saturated carbocycles. The van der Waals surface area contributed by atoms with E-state index in [1.807, 2.05) is 14.1 Å². The van der Waals surface area contributed by atoms with Crippen LogP contribution in [0.1, 0.15) is 26.3 Å². The molecule has 0 spiro atoms. The predicted octanol–water partition coefficient (Wildman–Crippen LogP) is 5.27.